The smallest absolute Gasteiger partial charge is 0.294 e. The van der Waals surface area contributed by atoms with E-state index >= 15 is 0 Å². The molecular formula is C22H21FN2O5S. The molecule has 9 heteroatoms. The van der Waals surface area contributed by atoms with Gasteiger partial charge >= 0.3 is 0 Å². The standard InChI is InChI=1S/C22H21FN2O5S/c1-29-11-10-24-20(26)13-25-21(27)19(31-22(25)28)12-15-4-8-18(9-5-15)30-14-16-2-6-17(23)7-3-16/h2-9,12H,10-11,13-14H2,1H3,(H,24,26)/b19-12-. The van der Waals surface area contributed by atoms with E-state index in [1.54, 1.807) is 42.5 Å². The molecule has 0 unspecified atom stereocenters. The van der Waals surface area contributed by atoms with E-state index in [9.17, 15) is 18.8 Å². The first-order valence-electron chi connectivity index (χ1n) is 9.44. The number of imide groups is 1. The maximum atomic E-state index is 12.9. The minimum atomic E-state index is -0.506. The van der Waals surface area contributed by atoms with Gasteiger partial charge in [-0.15, -0.1) is 0 Å². The van der Waals surface area contributed by atoms with Crippen LogP contribution in [0.25, 0.3) is 6.08 Å². The number of rotatable bonds is 9. The van der Waals surface area contributed by atoms with Crippen LogP contribution in [-0.4, -0.2) is 48.8 Å². The Bertz CT molecular complexity index is 976. The summed E-state index contributed by atoms with van der Waals surface area (Å²) in [6, 6.07) is 13.0. The van der Waals surface area contributed by atoms with E-state index in [4.69, 9.17) is 9.47 Å². The van der Waals surface area contributed by atoms with Crippen LogP contribution in [0.4, 0.5) is 9.18 Å². The quantitative estimate of drug-likeness (QED) is 0.472. The summed E-state index contributed by atoms with van der Waals surface area (Å²) in [5.41, 5.74) is 1.55. The number of hydrogen-bond donors (Lipinski definition) is 1. The molecule has 162 valence electrons. The highest BCUT2D eigenvalue weighted by Gasteiger charge is 2.36. The van der Waals surface area contributed by atoms with Crippen molar-refractivity contribution in [3.8, 4) is 5.75 Å². The van der Waals surface area contributed by atoms with Gasteiger partial charge in [-0.3, -0.25) is 19.3 Å². The van der Waals surface area contributed by atoms with Crippen molar-refractivity contribution in [3.63, 3.8) is 0 Å². The summed E-state index contributed by atoms with van der Waals surface area (Å²) in [6.07, 6.45) is 1.59. The summed E-state index contributed by atoms with van der Waals surface area (Å²) < 4.78 is 23.4. The van der Waals surface area contributed by atoms with Gasteiger partial charge in [0.15, 0.2) is 0 Å². The Morgan fingerprint density at radius 2 is 1.84 bits per heavy atom. The maximum Gasteiger partial charge on any atom is 0.294 e. The van der Waals surface area contributed by atoms with Gasteiger partial charge in [-0.25, -0.2) is 4.39 Å². The molecule has 0 aromatic heterocycles. The van der Waals surface area contributed by atoms with E-state index in [0.29, 0.717) is 31.1 Å². The largest absolute Gasteiger partial charge is 0.489 e. The van der Waals surface area contributed by atoms with Crippen LogP contribution in [0.5, 0.6) is 5.75 Å². The first-order chi connectivity index (χ1) is 15.0. The van der Waals surface area contributed by atoms with Gasteiger partial charge in [-0.1, -0.05) is 24.3 Å². The Balaban J connectivity index is 1.57. The van der Waals surface area contributed by atoms with Crippen molar-refractivity contribution in [2.45, 2.75) is 6.61 Å². The first-order valence-corrected chi connectivity index (χ1v) is 10.3. The van der Waals surface area contributed by atoms with E-state index < -0.39 is 17.1 Å². The van der Waals surface area contributed by atoms with E-state index in [1.807, 2.05) is 0 Å². The van der Waals surface area contributed by atoms with Crippen molar-refractivity contribution < 1.29 is 28.2 Å². The molecule has 1 aliphatic heterocycles. The number of methoxy groups -OCH3 is 1. The fourth-order valence-electron chi connectivity index (χ4n) is 2.69. The van der Waals surface area contributed by atoms with Crippen LogP contribution in [0.1, 0.15) is 11.1 Å². The first kappa shape index (κ1) is 22.5. The summed E-state index contributed by atoms with van der Waals surface area (Å²) in [5, 5.41) is 2.09. The summed E-state index contributed by atoms with van der Waals surface area (Å²) in [4.78, 5) is 37.7. The number of nitrogens with zero attached hydrogens (tertiary/aromatic N) is 1. The van der Waals surface area contributed by atoms with Gasteiger partial charge in [0.05, 0.1) is 11.5 Å². The molecule has 0 bridgehead atoms. The molecule has 2 aromatic rings. The Hall–Kier alpha value is -3.17. The van der Waals surface area contributed by atoms with E-state index in [2.05, 4.69) is 5.32 Å². The Morgan fingerprint density at radius 3 is 2.52 bits per heavy atom. The number of thioether (sulfide) groups is 1. The van der Waals surface area contributed by atoms with Crippen molar-refractivity contribution in [1.29, 1.82) is 0 Å². The van der Waals surface area contributed by atoms with Crippen molar-refractivity contribution in [2.75, 3.05) is 26.8 Å². The summed E-state index contributed by atoms with van der Waals surface area (Å²) in [7, 11) is 1.51. The second-order valence-corrected chi connectivity index (χ2v) is 7.59. The fraction of sp³-hybridized carbons (Fsp3) is 0.227. The molecule has 7 nitrogen and oxygen atoms in total. The van der Waals surface area contributed by atoms with Gasteiger partial charge in [0.25, 0.3) is 11.1 Å². The lowest BCUT2D eigenvalue weighted by Gasteiger charge is -2.12. The predicted octanol–water partition coefficient (Wildman–Crippen LogP) is 3.20. The van der Waals surface area contributed by atoms with Crippen molar-refractivity contribution in [1.82, 2.24) is 10.2 Å². The predicted molar refractivity (Wildman–Crippen MR) is 115 cm³/mol. The van der Waals surface area contributed by atoms with Gasteiger partial charge in [0, 0.05) is 13.7 Å². The lowest BCUT2D eigenvalue weighted by Crippen LogP contribution is -2.40. The normalized spacial score (nSPS) is 14.9. The number of ether oxygens (including phenoxy) is 2. The molecule has 0 saturated carbocycles. The molecule has 0 radical (unpaired) electrons. The second-order valence-electron chi connectivity index (χ2n) is 6.59. The fourth-order valence-corrected chi connectivity index (χ4v) is 3.53. The minimum absolute atomic E-state index is 0.245. The molecule has 0 atom stereocenters. The average Bonchev–Trinajstić information content (AvgIpc) is 3.02. The number of halogens is 1. The van der Waals surface area contributed by atoms with Gasteiger partial charge in [0.2, 0.25) is 5.91 Å². The Kier molecular flexibility index (Phi) is 7.80. The third-order valence-corrected chi connectivity index (χ3v) is 5.21. The number of carbonyl (C=O) groups excluding carboxylic acids is 3. The molecule has 1 aliphatic rings. The summed E-state index contributed by atoms with van der Waals surface area (Å²) >= 11 is 0.792. The SMILES string of the molecule is COCCNC(=O)CN1C(=O)S/C(=C\c2ccc(OCc3ccc(F)cc3)cc2)C1=O. The lowest BCUT2D eigenvalue weighted by atomic mass is 10.2. The van der Waals surface area contributed by atoms with Gasteiger partial charge in [0.1, 0.15) is 24.7 Å². The van der Waals surface area contributed by atoms with Crippen LogP contribution >= 0.6 is 11.8 Å². The highest BCUT2D eigenvalue weighted by Crippen LogP contribution is 2.32. The van der Waals surface area contributed by atoms with Crippen LogP contribution < -0.4 is 10.1 Å². The number of nitrogens with one attached hydrogen (secondary N) is 1. The number of hydrogen-bond acceptors (Lipinski definition) is 6. The minimum Gasteiger partial charge on any atom is -0.489 e. The molecule has 31 heavy (non-hydrogen) atoms. The van der Waals surface area contributed by atoms with Crippen LogP contribution in [0, 0.1) is 5.82 Å². The lowest BCUT2D eigenvalue weighted by molar-refractivity contribution is -0.129. The molecule has 2 aromatic carbocycles. The molecule has 0 aliphatic carbocycles. The zero-order valence-corrected chi connectivity index (χ0v) is 17.6. The zero-order valence-electron chi connectivity index (χ0n) is 16.8. The molecule has 3 rings (SSSR count). The van der Waals surface area contributed by atoms with Gasteiger partial charge in [-0.2, -0.15) is 0 Å². The molecule has 1 saturated heterocycles. The molecule has 1 heterocycles. The zero-order chi connectivity index (χ0) is 22.2. The van der Waals surface area contributed by atoms with Crippen LogP contribution in [0.2, 0.25) is 0 Å². The highest BCUT2D eigenvalue weighted by atomic mass is 32.2. The van der Waals surface area contributed by atoms with Crippen LogP contribution in [0.15, 0.2) is 53.4 Å². The Labute approximate surface area is 183 Å². The van der Waals surface area contributed by atoms with Gasteiger partial charge in [-0.05, 0) is 53.2 Å². The molecular weight excluding hydrogens is 423 g/mol. The van der Waals surface area contributed by atoms with E-state index in [-0.39, 0.29) is 17.3 Å². The topological polar surface area (TPSA) is 84.9 Å². The van der Waals surface area contributed by atoms with Gasteiger partial charge < -0.3 is 14.8 Å². The van der Waals surface area contributed by atoms with Crippen molar-refractivity contribution in [2.24, 2.45) is 0 Å². The molecule has 0 spiro atoms. The van der Waals surface area contributed by atoms with Crippen molar-refractivity contribution in [3.05, 3.63) is 70.4 Å². The number of amides is 3. The Morgan fingerprint density at radius 1 is 1.13 bits per heavy atom. The third-order valence-electron chi connectivity index (χ3n) is 4.30. The summed E-state index contributed by atoms with van der Waals surface area (Å²) in [5.74, 6) is -0.622. The summed E-state index contributed by atoms with van der Waals surface area (Å²) in [6.45, 7) is 0.612. The molecule has 3 amide bonds. The van der Waals surface area contributed by atoms with E-state index in [0.717, 1.165) is 22.2 Å². The maximum absolute atomic E-state index is 12.9. The van der Waals surface area contributed by atoms with E-state index in [1.165, 1.54) is 19.2 Å². The van der Waals surface area contributed by atoms with Crippen LogP contribution in [-0.2, 0) is 20.9 Å². The van der Waals surface area contributed by atoms with Crippen molar-refractivity contribution >= 4 is 34.9 Å². The van der Waals surface area contributed by atoms with Crippen LogP contribution in [0.3, 0.4) is 0 Å². The number of carbonyl (C=O) groups is 3. The second kappa shape index (κ2) is 10.7. The monoisotopic (exact) mass is 444 g/mol. The average molecular weight is 444 g/mol. The third kappa shape index (κ3) is 6.40. The molecule has 1 fully saturated rings. The highest BCUT2D eigenvalue weighted by molar-refractivity contribution is 8.18. The molecule has 1 N–H and O–H groups in total. The number of benzene rings is 2.